The zero-order valence-corrected chi connectivity index (χ0v) is 31.1. The third kappa shape index (κ3) is 5.10. The van der Waals surface area contributed by atoms with Crippen molar-refractivity contribution in [1.82, 2.24) is 24.1 Å². The van der Waals surface area contributed by atoms with Crippen molar-refractivity contribution >= 4 is 67.2 Å². The molecule has 57 heavy (non-hydrogen) atoms. The summed E-state index contributed by atoms with van der Waals surface area (Å²) in [5, 5.41) is 2.30. The molecule has 0 amide bonds. The number of rotatable bonds is 6. The maximum absolute atomic E-state index is 5.00. The molecule has 2 aliphatic carbocycles. The molecule has 6 heterocycles. The Balaban J connectivity index is 1.01. The van der Waals surface area contributed by atoms with Crippen molar-refractivity contribution in [2.24, 2.45) is 16.8 Å². The molecule has 6 nitrogen and oxygen atoms in total. The lowest BCUT2D eigenvalue weighted by Gasteiger charge is -2.19. The fourth-order valence-electron chi connectivity index (χ4n) is 9.32. The topological polar surface area (TPSA) is 60.9 Å². The van der Waals surface area contributed by atoms with Crippen molar-refractivity contribution in [2.75, 3.05) is 0 Å². The molecule has 0 radical (unpaired) electrons. The highest BCUT2D eigenvalue weighted by atomic mass is 15.1. The van der Waals surface area contributed by atoms with Crippen LogP contribution >= 0.6 is 0 Å². The van der Waals surface area contributed by atoms with Gasteiger partial charge in [-0.05, 0) is 114 Å². The molecule has 4 aromatic carbocycles. The number of aromatic nitrogens is 5. The third-order valence-electron chi connectivity index (χ3n) is 12.0. The molecule has 6 heteroatoms. The number of pyridine rings is 3. The van der Waals surface area contributed by atoms with E-state index in [1.54, 1.807) is 0 Å². The van der Waals surface area contributed by atoms with E-state index in [4.69, 9.17) is 15.0 Å². The summed E-state index contributed by atoms with van der Waals surface area (Å²) in [6.07, 6.45) is 18.0. The highest BCUT2D eigenvalue weighted by molar-refractivity contribution is 6.12. The highest BCUT2D eigenvalue weighted by Gasteiger charge is 2.43. The van der Waals surface area contributed by atoms with Crippen LogP contribution in [0.2, 0.25) is 0 Å². The Kier molecular flexibility index (Phi) is 7.14. The first kappa shape index (κ1) is 32.1. The number of fused-ring (bicyclic) bond motifs is 7. The van der Waals surface area contributed by atoms with Crippen LogP contribution in [0.25, 0.3) is 94.5 Å². The third-order valence-corrected chi connectivity index (χ3v) is 12.0. The van der Waals surface area contributed by atoms with E-state index >= 15 is 0 Å². The van der Waals surface area contributed by atoms with Gasteiger partial charge < -0.3 is 9.13 Å². The molecule has 1 fully saturated rings. The van der Waals surface area contributed by atoms with Crippen LogP contribution in [0.4, 0.5) is 0 Å². The van der Waals surface area contributed by atoms with E-state index in [9.17, 15) is 0 Å². The lowest BCUT2D eigenvalue weighted by atomic mass is 9.95. The summed E-state index contributed by atoms with van der Waals surface area (Å²) in [5.74, 6) is 0.914. The van der Waals surface area contributed by atoms with E-state index in [0.29, 0.717) is 11.8 Å². The van der Waals surface area contributed by atoms with Crippen LogP contribution in [0.3, 0.4) is 0 Å². The minimum absolute atomic E-state index is 0.448. The molecule has 9 aromatic rings. The number of hydrogen-bond donors (Lipinski definition) is 0. The van der Waals surface area contributed by atoms with Crippen LogP contribution in [-0.2, 0) is 0 Å². The van der Waals surface area contributed by atoms with Gasteiger partial charge >= 0.3 is 0 Å². The minimum Gasteiger partial charge on any atom is -0.311 e. The average Bonchev–Trinajstić information content (AvgIpc) is 3.91. The minimum atomic E-state index is 0.448. The molecule has 3 aliphatic rings. The first-order valence-electron chi connectivity index (χ1n) is 19.8. The van der Waals surface area contributed by atoms with E-state index < -0.39 is 0 Å². The average molecular weight is 733 g/mol. The standard InChI is InChI=1S/C51H36N6/c1-3-13-38(43-15-5-7-23-52-43)36(11-1)32-19-21-45-41(28-32)50-47(17-9-25-54-50)56(45)35-27-34-30-40(34)49(31-35)57-46-22-20-33(29-42(46)51-48(57)18-10-26-55-51)37-12-2-4-14-39(37)44-16-6-8-24-53-44/h1-4,6,8-29,31,34,40H,5,7,30H2. The van der Waals surface area contributed by atoms with Gasteiger partial charge in [-0.25, -0.2) is 0 Å². The van der Waals surface area contributed by atoms with Crippen LogP contribution in [0.5, 0.6) is 0 Å². The molecule has 0 N–H and O–H groups in total. The van der Waals surface area contributed by atoms with Crippen LogP contribution in [0.15, 0.2) is 169 Å². The molecule has 0 bridgehead atoms. The Morgan fingerprint density at radius 1 is 0.526 bits per heavy atom. The van der Waals surface area contributed by atoms with E-state index in [-0.39, 0.29) is 0 Å². The summed E-state index contributed by atoms with van der Waals surface area (Å²) in [6.45, 7) is 0. The summed E-state index contributed by atoms with van der Waals surface area (Å²) in [6, 6.07) is 45.5. The normalized spacial score (nSPS) is 17.5. The molecule has 2 atom stereocenters. The summed E-state index contributed by atoms with van der Waals surface area (Å²) < 4.78 is 4.90. The van der Waals surface area contributed by atoms with Gasteiger partial charge in [0.1, 0.15) is 0 Å². The van der Waals surface area contributed by atoms with Crippen molar-refractivity contribution < 1.29 is 0 Å². The molecular formula is C51H36N6. The Bertz CT molecular complexity index is 3230. The van der Waals surface area contributed by atoms with Crippen molar-refractivity contribution in [1.29, 1.82) is 0 Å². The first-order chi connectivity index (χ1) is 28.3. The number of benzene rings is 4. The zero-order valence-electron chi connectivity index (χ0n) is 31.1. The lowest BCUT2D eigenvalue weighted by Crippen LogP contribution is -2.07. The molecule has 0 saturated heterocycles. The van der Waals surface area contributed by atoms with Gasteiger partial charge in [0.05, 0.1) is 44.5 Å². The van der Waals surface area contributed by atoms with Crippen LogP contribution in [0, 0.1) is 11.8 Å². The zero-order chi connectivity index (χ0) is 37.5. The Labute approximate surface area is 329 Å². The van der Waals surface area contributed by atoms with Gasteiger partial charge in [-0.2, -0.15) is 0 Å². The fourth-order valence-corrected chi connectivity index (χ4v) is 9.32. The molecule has 1 aliphatic heterocycles. The van der Waals surface area contributed by atoms with Gasteiger partial charge in [0.25, 0.3) is 0 Å². The maximum Gasteiger partial charge on any atom is 0.0963 e. The smallest absolute Gasteiger partial charge is 0.0963 e. The van der Waals surface area contributed by atoms with E-state index in [0.717, 1.165) is 91.3 Å². The molecule has 0 spiro atoms. The van der Waals surface area contributed by atoms with Crippen molar-refractivity contribution in [3.05, 3.63) is 170 Å². The second kappa shape index (κ2) is 12.7. The summed E-state index contributed by atoms with van der Waals surface area (Å²) in [5.41, 5.74) is 18.1. The first-order valence-corrected chi connectivity index (χ1v) is 19.8. The van der Waals surface area contributed by atoms with Crippen molar-refractivity contribution in [2.45, 2.75) is 19.3 Å². The predicted octanol–water partition coefficient (Wildman–Crippen LogP) is 12.3. The van der Waals surface area contributed by atoms with E-state index in [2.05, 4.69) is 148 Å². The van der Waals surface area contributed by atoms with E-state index in [1.165, 1.54) is 28.0 Å². The molecular weight excluding hydrogens is 697 g/mol. The Morgan fingerprint density at radius 2 is 1.16 bits per heavy atom. The number of hydrogen-bond acceptors (Lipinski definition) is 4. The van der Waals surface area contributed by atoms with Gasteiger partial charge in [-0.15, -0.1) is 0 Å². The summed E-state index contributed by atoms with van der Waals surface area (Å²) in [7, 11) is 0. The van der Waals surface area contributed by atoms with Gasteiger partial charge in [0.2, 0.25) is 0 Å². The monoisotopic (exact) mass is 732 g/mol. The largest absolute Gasteiger partial charge is 0.311 e. The van der Waals surface area contributed by atoms with Gasteiger partial charge in [0.15, 0.2) is 0 Å². The fraction of sp³-hybridized carbons (Fsp3) is 0.0980. The molecule has 2 unspecified atom stereocenters. The van der Waals surface area contributed by atoms with Gasteiger partial charge in [0, 0.05) is 64.0 Å². The Morgan fingerprint density at radius 3 is 1.84 bits per heavy atom. The summed E-state index contributed by atoms with van der Waals surface area (Å²) in [4.78, 5) is 19.4. The van der Waals surface area contributed by atoms with Crippen LogP contribution < -0.4 is 0 Å². The predicted molar refractivity (Wildman–Crippen MR) is 234 cm³/mol. The van der Waals surface area contributed by atoms with E-state index in [1.807, 2.05) is 36.9 Å². The number of aliphatic imine (C=N–C) groups is 1. The van der Waals surface area contributed by atoms with Gasteiger partial charge in [-0.3, -0.25) is 19.9 Å². The lowest BCUT2D eigenvalue weighted by molar-refractivity contribution is 0.928. The second-order valence-electron chi connectivity index (χ2n) is 15.3. The van der Waals surface area contributed by atoms with Gasteiger partial charge in [-0.1, -0.05) is 78.9 Å². The van der Waals surface area contributed by atoms with Crippen molar-refractivity contribution in [3.63, 3.8) is 0 Å². The molecule has 12 rings (SSSR count). The molecule has 5 aromatic heterocycles. The summed E-state index contributed by atoms with van der Waals surface area (Å²) >= 11 is 0. The maximum atomic E-state index is 5.00. The van der Waals surface area contributed by atoms with Crippen molar-refractivity contribution in [3.8, 4) is 33.5 Å². The quantitative estimate of drug-likeness (QED) is 0.171. The second-order valence-corrected chi connectivity index (χ2v) is 15.3. The number of allylic oxidation sites excluding steroid dienone is 5. The molecule has 1 saturated carbocycles. The molecule has 270 valence electrons. The SMILES string of the molecule is C1=NC(c2ccccc2-c2ccc3c(c2)c2ncccc2n3C2=CC3CC3C(n3c4ccc(-c5ccccc5-c5ccccn5)cc4c4ncccc43)=C2)=CCC1. The number of nitrogens with zero attached hydrogens (tertiary/aromatic N) is 6. The van der Waals surface area contributed by atoms with Crippen LogP contribution in [-0.4, -0.2) is 30.3 Å². The Hall–Kier alpha value is -7.18. The van der Waals surface area contributed by atoms with Crippen LogP contribution in [0.1, 0.15) is 24.8 Å². The highest BCUT2D eigenvalue weighted by Crippen LogP contribution is 2.54.